The molecule has 2 amide bonds. The monoisotopic (exact) mass is 346 g/mol. The Hall–Kier alpha value is -1.92. The molecular formula is C19H30N4O2. The summed E-state index contributed by atoms with van der Waals surface area (Å²) in [6.07, 6.45) is 1.81. The molecule has 0 aliphatic carbocycles. The normalized spacial score (nSPS) is 19.2. The number of hydrogen-bond donors (Lipinski definition) is 2. The van der Waals surface area contributed by atoms with Crippen molar-refractivity contribution in [2.24, 2.45) is 11.7 Å². The Morgan fingerprint density at radius 1 is 1.36 bits per heavy atom. The molecule has 1 fully saturated rings. The number of likely N-dealkylation sites (tertiary alicyclic amines) is 1. The summed E-state index contributed by atoms with van der Waals surface area (Å²) >= 11 is 0. The zero-order valence-electron chi connectivity index (χ0n) is 15.3. The lowest BCUT2D eigenvalue weighted by Gasteiger charge is -2.33. The van der Waals surface area contributed by atoms with Crippen LogP contribution in [0.1, 0.15) is 31.4 Å². The van der Waals surface area contributed by atoms with Gasteiger partial charge in [-0.25, -0.2) is 0 Å². The Morgan fingerprint density at radius 2 is 2.08 bits per heavy atom. The van der Waals surface area contributed by atoms with Crippen molar-refractivity contribution in [3.05, 3.63) is 35.9 Å². The van der Waals surface area contributed by atoms with Gasteiger partial charge in [-0.3, -0.25) is 14.5 Å². The fourth-order valence-electron chi connectivity index (χ4n) is 3.23. The van der Waals surface area contributed by atoms with Crippen LogP contribution in [0.4, 0.5) is 0 Å². The number of piperidine rings is 1. The molecule has 1 heterocycles. The van der Waals surface area contributed by atoms with E-state index < -0.39 is 0 Å². The van der Waals surface area contributed by atoms with Gasteiger partial charge in [-0.2, -0.15) is 0 Å². The number of likely N-dealkylation sites (N-methyl/N-ethyl adjacent to an activating group) is 1. The largest absolute Gasteiger partial charge is 0.355 e. The third-order valence-electron chi connectivity index (χ3n) is 4.94. The molecule has 0 bridgehead atoms. The smallest absolute Gasteiger partial charge is 0.236 e. The van der Waals surface area contributed by atoms with Crippen LogP contribution in [0.15, 0.2) is 30.3 Å². The summed E-state index contributed by atoms with van der Waals surface area (Å²) in [6.45, 7) is 4.84. The lowest BCUT2D eigenvalue weighted by molar-refractivity contribution is -0.135. The molecule has 0 aromatic heterocycles. The number of carbonyl (C=O) groups is 2. The first-order valence-corrected chi connectivity index (χ1v) is 9.03. The van der Waals surface area contributed by atoms with Crippen LogP contribution < -0.4 is 11.1 Å². The van der Waals surface area contributed by atoms with E-state index >= 15 is 0 Å². The Labute approximate surface area is 150 Å². The number of amides is 2. The van der Waals surface area contributed by atoms with E-state index in [1.165, 1.54) is 0 Å². The van der Waals surface area contributed by atoms with Gasteiger partial charge in [0.2, 0.25) is 11.8 Å². The summed E-state index contributed by atoms with van der Waals surface area (Å²) in [6, 6.07) is 10.0. The molecule has 2 rings (SSSR count). The van der Waals surface area contributed by atoms with Gasteiger partial charge in [-0.05, 0) is 31.9 Å². The van der Waals surface area contributed by atoms with Crippen molar-refractivity contribution in [1.29, 1.82) is 0 Å². The Morgan fingerprint density at radius 3 is 2.76 bits per heavy atom. The molecule has 6 nitrogen and oxygen atoms in total. The number of rotatable bonds is 7. The van der Waals surface area contributed by atoms with Crippen LogP contribution in [0.2, 0.25) is 0 Å². The number of hydrogen-bond acceptors (Lipinski definition) is 4. The molecule has 0 saturated carbocycles. The van der Waals surface area contributed by atoms with Crippen LogP contribution in [-0.2, 0) is 9.59 Å². The minimum Gasteiger partial charge on any atom is -0.355 e. The first-order chi connectivity index (χ1) is 12.0. The van der Waals surface area contributed by atoms with Crippen molar-refractivity contribution in [2.45, 2.75) is 25.8 Å². The van der Waals surface area contributed by atoms with Crippen LogP contribution in [0.5, 0.6) is 0 Å². The molecular weight excluding hydrogens is 316 g/mol. The minimum absolute atomic E-state index is 0.0298. The topological polar surface area (TPSA) is 78.7 Å². The van der Waals surface area contributed by atoms with E-state index in [2.05, 4.69) is 10.2 Å². The Bertz CT molecular complexity index is 564. The maximum absolute atomic E-state index is 12.6. The summed E-state index contributed by atoms with van der Waals surface area (Å²) in [7, 11) is 1.84. The minimum atomic E-state index is -0.0510. The quantitative estimate of drug-likeness (QED) is 0.772. The highest BCUT2D eigenvalue weighted by Gasteiger charge is 2.28. The molecule has 1 aromatic carbocycles. The number of carbonyl (C=O) groups excluding carboxylic acids is 2. The van der Waals surface area contributed by atoms with E-state index in [-0.39, 0.29) is 23.8 Å². The van der Waals surface area contributed by atoms with Gasteiger partial charge in [0.15, 0.2) is 0 Å². The molecule has 1 aliphatic rings. The molecule has 25 heavy (non-hydrogen) atoms. The Kier molecular flexibility index (Phi) is 7.40. The molecule has 138 valence electrons. The van der Waals surface area contributed by atoms with Crippen molar-refractivity contribution < 1.29 is 9.59 Å². The van der Waals surface area contributed by atoms with Gasteiger partial charge in [-0.1, -0.05) is 30.3 Å². The predicted octanol–water partition coefficient (Wildman–Crippen LogP) is 0.993. The number of nitrogens with two attached hydrogens (primary N) is 1. The fourth-order valence-corrected chi connectivity index (χ4v) is 3.23. The van der Waals surface area contributed by atoms with Crippen molar-refractivity contribution in [2.75, 3.05) is 39.8 Å². The van der Waals surface area contributed by atoms with Gasteiger partial charge in [0.05, 0.1) is 18.5 Å². The summed E-state index contributed by atoms with van der Waals surface area (Å²) in [5.41, 5.74) is 6.56. The first kappa shape index (κ1) is 19.4. The number of benzene rings is 1. The average Bonchev–Trinajstić information content (AvgIpc) is 2.65. The van der Waals surface area contributed by atoms with E-state index in [1.807, 2.05) is 44.3 Å². The van der Waals surface area contributed by atoms with Gasteiger partial charge in [-0.15, -0.1) is 0 Å². The van der Waals surface area contributed by atoms with Gasteiger partial charge < -0.3 is 16.0 Å². The maximum Gasteiger partial charge on any atom is 0.236 e. The van der Waals surface area contributed by atoms with Gasteiger partial charge in [0.25, 0.3) is 0 Å². The second-order valence-corrected chi connectivity index (χ2v) is 6.75. The number of nitrogens with zero attached hydrogens (tertiary/aromatic N) is 2. The summed E-state index contributed by atoms with van der Waals surface area (Å²) in [5, 5.41) is 2.85. The average molecular weight is 346 g/mol. The summed E-state index contributed by atoms with van der Waals surface area (Å²) in [5.74, 6) is 0.0814. The molecule has 0 spiro atoms. The molecule has 1 saturated heterocycles. The zero-order chi connectivity index (χ0) is 18.2. The number of nitrogens with one attached hydrogen (secondary N) is 1. The maximum atomic E-state index is 12.6. The highest BCUT2D eigenvalue weighted by Crippen LogP contribution is 2.20. The first-order valence-electron chi connectivity index (χ1n) is 9.03. The SMILES string of the molecule is CC(c1ccccc1)N(C)C(=O)CN1CCCC(C(=O)NCCN)C1. The van der Waals surface area contributed by atoms with E-state index in [9.17, 15) is 9.59 Å². The van der Waals surface area contributed by atoms with Crippen molar-refractivity contribution in [3.63, 3.8) is 0 Å². The molecule has 1 aliphatic heterocycles. The summed E-state index contributed by atoms with van der Waals surface area (Å²) < 4.78 is 0. The van der Waals surface area contributed by atoms with Crippen molar-refractivity contribution in [3.8, 4) is 0 Å². The highest BCUT2D eigenvalue weighted by atomic mass is 16.2. The molecule has 3 N–H and O–H groups in total. The van der Waals surface area contributed by atoms with E-state index in [1.54, 1.807) is 4.90 Å². The van der Waals surface area contributed by atoms with Crippen LogP contribution in [-0.4, -0.2) is 61.4 Å². The third-order valence-corrected chi connectivity index (χ3v) is 4.94. The lowest BCUT2D eigenvalue weighted by atomic mass is 9.97. The predicted molar refractivity (Wildman–Crippen MR) is 98.9 cm³/mol. The summed E-state index contributed by atoms with van der Waals surface area (Å²) in [4.78, 5) is 28.6. The second-order valence-electron chi connectivity index (χ2n) is 6.75. The van der Waals surface area contributed by atoms with E-state index in [0.29, 0.717) is 26.2 Å². The molecule has 2 atom stereocenters. The zero-order valence-corrected chi connectivity index (χ0v) is 15.3. The molecule has 6 heteroatoms. The van der Waals surface area contributed by atoms with E-state index in [4.69, 9.17) is 5.73 Å². The Balaban J connectivity index is 1.87. The van der Waals surface area contributed by atoms with Gasteiger partial charge in [0, 0.05) is 26.7 Å². The molecule has 2 unspecified atom stereocenters. The molecule has 0 radical (unpaired) electrons. The lowest BCUT2D eigenvalue weighted by Crippen LogP contribution is -2.47. The third kappa shape index (κ3) is 5.54. The van der Waals surface area contributed by atoms with Gasteiger partial charge >= 0.3 is 0 Å². The fraction of sp³-hybridized carbons (Fsp3) is 0.579. The molecule has 1 aromatic rings. The van der Waals surface area contributed by atoms with E-state index in [0.717, 1.165) is 24.9 Å². The van der Waals surface area contributed by atoms with Crippen LogP contribution in [0.25, 0.3) is 0 Å². The van der Waals surface area contributed by atoms with Crippen LogP contribution >= 0.6 is 0 Å². The van der Waals surface area contributed by atoms with Crippen molar-refractivity contribution >= 4 is 11.8 Å². The van der Waals surface area contributed by atoms with Crippen LogP contribution in [0.3, 0.4) is 0 Å². The van der Waals surface area contributed by atoms with Crippen molar-refractivity contribution in [1.82, 2.24) is 15.1 Å². The highest BCUT2D eigenvalue weighted by molar-refractivity contribution is 5.80. The standard InChI is InChI=1S/C19H30N4O2/c1-15(16-7-4-3-5-8-16)22(2)18(24)14-23-12-6-9-17(13-23)19(25)21-11-10-20/h3-5,7-8,15,17H,6,9-14,20H2,1-2H3,(H,21,25). The second kappa shape index (κ2) is 9.53. The van der Waals surface area contributed by atoms with Crippen LogP contribution in [0, 0.1) is 5.92 Å². The van der Waals surface area contributed by atoms with Gasteiger partial charge in [0.1, 0.15) is 0 Å².